The number of rotatable bonds is 5. The lowest BCUT2D eigenvalue weighted by molar-refractivity contribution is -0.140. The summed E-state index contributed by atoms with van der Waals surface area (Å²) in [7, 11) is 0. The molecule has 0 saturated carbocycles. The van der Waals surface area contributed by atoms with Crippen LogP contribution < -0.4 is 5.32 Å². The van der Waals surface area contributed by atoms with E-state index in [1.165, 1.54) is 6.42 Å². The first kappa shape index (κ1) is 12.0. The summed E-state index contributed by atoms with van der Waals surface area (Å²) < 4.78 is 0. The summed E-state index contributed by atoms with van der Waals surface area (Å²) in [5.41, 5.74) is 0. The number of carbonyl (C=O) groups is 2. The molecule has 1 fully saturated rings. The number of hydrogen-bond acceptors (Lipinski definition) is 2. The minimum atomic E-state index is -0.0431. The molecule has 4 nitrogen and oxygen atoms in total. The first-order valence-electron chi connectivity index (χ1n) is 5.64. The molecule has 0 radical (unpaired) electrons. The third-order valence-corrected chi connectivity index (χ3v) is 2.58. The maximum Gasteiger partial charge on any atom is 0.242 e. The SMILES string of the molecule is CC(C)CCCCN1CC(=O)NCC1=O. The summed E-state index contributed by atoms with van der Waals surface area (Å²) in [6.07, 6.45) is 3.31. The van der Waals surface area contributed by atoms with Gasteiger partial charge in [-0.25, -0.2) is 0 Å². The van der Waals surface area contributed by atoms with E-state index in [1.54, 1.807) is 4.90 Å². The largest absolute Gasteiger partial charge is 0.345 e. The van der Waals surface area contributed by atoms with E-state index < -0.39 is 0 Å². The van der Waals surface area contributed by atoms with Crippen LogP contribution in [0.15, 0.2) is 0 Å². The second-order valence-corrected chi connectivity index (χ2v) is 4.48. The summed E-state index contributed by atoms with van der Waals surface area (Å²) in [6, 6.07) is 0. The fourth-order valence-corrected chi connectivity index (χ4v) is 1.66. The van der Waals surface area contributed by atoms with Crippen LogP contribution in [0.25, 0.3) is 0 Å². The quantitative estimate of drug-likeness (QED) is 0.684. The molecule has 1 heterocycles. The number of piperazine rings is 1. The van der Waals surface area contributed by atoms with E-state index in [2.05, 4.69) is 19.2 Å². The minimum absolute atomic E-state index is 0.0409. The van der Waals surface area contributed by atoms with Crippen LogP contribution in [-0.2, 0) is 9.59 Å². The standard InChI is InChI=1S/C11H20N2O2/c1-9(2)5-3-4-6-13-8-10(14)12-7-11(13)15/h9H,3-8H2,1-2H3,(H,12,14). The predicted octanol–water partition coefficient (Wildman–Crippen LogP) is 0.771. The van der Waals surface area contributed by atoms with E-state index >= 15 is 0 Å². The Labute approximate surface area is 91.0 Å². The van der Waals surface area contributed by atoms with Gasteiger partial charge in [-0.3, -0.25) is 9.59 Å². The Bertz CT molecular complexity index is 239. The van der Waals surface area contributed by atoms with Crippen LogP contribution in [0.4, 0.5) is 0 Å². The Kier molecular flexibility index (Phi) is 4.59. The van der Waals surface area contributed by atoms with Crippen molar-refractivity contribution in [3.63, 3.8) is 0 Å². The van der Waals surface area contributed by atoms with E-state index in [-0.39, 0.29) is 24.9 Å². The molecule has 0 unspecified atom stereocenters. The number of nitrogens with zero attached hydrogens (tertiary/aromatic N) is 1. The molecule has 0 atom stereocenters. The highest BCUT2D eigenvalue weighted by Crippen LogP contribution is 2.07. The van der Waals surface area contributed by atoms with Gasteiger partial charge in [-0.2, -0.15) is 0 Å². The second-order valence-electron chi connectivity index (χ2n) is 4.48. The molecule has 0 aliphatic carbocycles. The summed E-state index contributed by atoms with van der Waals surface area (Å²) in [4.78, 5) is 24.1. The van der Waals surface area contributed by atoms with Crippen molar-refractivity contribution in [3.05, 3.63) is 0 Å². The molecule has 0 aromatic heterocycles. The average Bonchev–Trinajstić information content (AvgIpc) is 2.17. The fourth-order valence-electron chi connectivity index (χ4n) is 1.66. The van der Waals surface area contributed by atoms with Crippen molar-refractivity contribution in [2.45, 2.75) is 33.1 Å². The lowest BCUT2D eigenvalue weighted by atomic mass is 10.1. The van der Waals surface area contributed by atoms with Crippen LogP contribution in [0.1, 0.15) is 33.1 Å². The number of unbranched alkanes of at least 4 members (excludes halogenated alkanes) is 1. The molecular formula is C11H20N2O2. The topological polar surface area (TPSA) is 49.4 Å². The van der Waals surface area contributed by atoms with Crippen LogP contribution in [-0.4, -0.2) is 36.3 Å². The van der Waals surface area contributed by atoms with Crippen molar-refractivity contribution in [1.29, 1.82) is 0 Å². The van der Waals surface area contributed by atoms with Crippen LogP contribution in [0, 0.1) is 5.92 Å². The van der Waals surface area contributed by atoms with Crippen LogP contribution >= 0.6 is 0 Å². The molecule has 1 N–H and O–H groups in total. The zero-order chi connectivity index (χ0) is 11.3. The number of amides is 2. The van der Waals surface area contributed by atoms with Crippen molar-refractivity contribution in [2.75, 3.05) is 19.6 Å². The van der Waals surface area contributed by atoms with Gasteiger partial charge in [-0.1, -0.05) is 26.7 Å². The number of hydrogen-bond donors (Lipinski definition) is 1. The number of carbonyl (C=O) groups excluding carboxylic acids is 2. The molecule has 2 amide bonds. The Hall–Kier alpha value is -1.06. The van der Waals surface area contributed by atoms with Crippen molar-refractivity contribution >= 4 is 11.8 Å². The molecular weight excluding hydrogens is 192 g/mol. The van der Waals surface area contributed by atoms with Crippen molar-refractivity contribution < 1.29 is 9.59 Å². The molecule has 15 heavy (non-hydrogen) atoms. The van der Waals surface area contributed by atoms with Crippen LogP contribution in [0.3, 0.4) is 0 Å². The summed E-state index contributed by atoms with van der Waals surface area (Å²) >= 11 is 0. The van der Waals surface area contributed by atoms with Gasteiger partial charge in [0, 0.05) is 6.54 Å². The maximum absolute atomic E-state index is 11.4. The average molecular weight is 212 g/mol. The molecule has 1 rings (SSSR count). The summed E-state index contributed by atoms with van der Waals surface area (Å²) in [5.74, 6) is 0.711. The summed E-state index contributed by atoms with van der Waals surface area (Å²) in [5, 5.41) is 2.54. The summed E-state index contributed by atoms with van der Waals surface area (Å²) in [6.45, 7) is 5.52. The Morgan fingerprint density at radius 2 is 2.07 bits per heavy atom. The number of nitrogens with one attached hydrogen (secondary N) is 1. The van der Waals surface area contributed by atoms with E-state index in [0.717, 1.165) is 19.4 Å². The van der Waals surface area contributed by atoms with E-state index in [4.69, 9.17) is 0 Å². The maximum atomic E-state index is 11.4. The highest BCUT2D eigenvalue weighted by molar-refractivity contribution is 5.92. The van der Waals surface area contributed by atoms with Gasteiger partial charge >= 0.3 is 0 Å². The van der Waals surface area contributed by atoms with Gasteiger partial charge in [0.2, 0.25) is 11.8 Å². The molecule has 0 spiro atoms. The third-order valence-electron chi connectivity index (χ3n) is 2.58. The molecule has 4 heteroatoms. The van der Waals surface area contributed by atoms with Crippen molar-refractivity contribution in [2.24, 2.45) is 5.92 Å². The minimum Gasteiger partial charge on any atom is -0.345 e. The Balaban J connectivity index is 2.19. The zero-order valence-corrected chi connectivity index (χ0v) is 9.58. The van der Waals surface area contributed by atoms with Gasteiger partial charge in [0.25, 0.3) is 0 Å². The van der Waals surface area contributed by atoms with Crippen LogP contribution in [0.2, 0.25) is 0 Å². The van der Waals surface area contributed by atoms with Crippen molar-refractivity contribution in [3.8, 4) is 0 Å². The van der Waals surface area contributed by atoms with E-state index in [9.17, 15) is 9.59 Å². The normalized spacial score (nSPS) is 17.1. The van der Waals surface area contributed by atoms with Gasteiger partial charge in [-0.05, 0) is 12.3 Å². The predicted molar refractivity (Wildman–Crippen MR) is 58.3 cm³/mol. The van der Waals surface area contributed by atoms with E-state index in [1.807, 2.05) is 0 Å². The molecule has 86 valence electrons. The first-order chi connectivity index (χ1) is 7.09. The lowest BCUT2D eigenvalue weighted by Gasteiger charge is -2.26. The molecule has 1 saturated heterocycles. The van der Waals surface area contributed by atoms with Crippen LogP contribution in [0.5, 0.6) is 0 Å². The van der Waals surface area contributed by atoms with Gasteiger partial charge in [-0.15, -0.1) is 0 Å². The van der Waals surface area contributed by atoms with Gasteiger partial charge in [0.15, 0.2) is 0 Å². The molecule has 1 aliphatic heterocycles. The molecule has 0 aromatic rings. The third kappa shape index (κ3) is 4.32. The monoisotopic (exact) mass is 212 g/mol. The molecule has 1 aliphatic rings. The fraction of sp³-hybridized carbons (Fsp3) is 0.818. The lowest BCUT2D eigenvalue weighted by Crippen LogP contribution is -2.51. The zero-order valence-electron chi connectivity index (χ0n) is 9.58. The first-order valence-corrected chi connectivity index (χ1v) is 5.64. The van der Waals surface area contributed by atoms with Gasteiger partial charge in [0.05, 0.1) is 13.1 Å². The Morgan fingerprint density at radius 1 is 1.33 bits per heavy atom. The van der Waals surface area contributed by atoms with Crippen molar-refractivity contribution in [1.82, 2.24) is 10.2 Å². The van der Waals surface area contributed by atoms with Gasteiger partial charge < -0.3 is 10.2 Å². The van der Waals surface area contributed by atoms with E-state index in [0.29, 0.717) is 5.92 Å². The Morgan fingerprint density at radius 3 is 2.73 bits per heavy atom. The highest BCUT2D eigenvalue weighted by Gasteiger charge is 2.21. The molecule has 0 aromatic carbocycles. The highest BCUT2D eigenvalue weighted by atomic mass is 16.2. The van der Waals surface area contributed by atoms with Gasteiger partial charge in [0.1, 0.15) is 0 Å². The second kappa shape index (κ2) is 5.73. The molecule has 0 bridgehead atoms. The smallest absolute Gasteiger partial charge is 0.242 e.